The second kappa shape index (κ2) is 6.50. The Bertz CT molecular complexity index is 781. The molecule has 26 heavy (non-hydrogen) atoms. The van der Waals surface area contributed by atoms with Crippen molar-refractivity contribution >= 4 is 5.97 Å². The molecule has 2 aromatic rings. The number of halogens is 7. The molecule has 1 N–H and O–H groups in total. The number of rotatable bonds is 5. The monoisotopic (exact) mass is 382 g/mol. The predicted molar refractivity (Wildman–Crippen MR) is 74.8 cm³/mol. The van der Waals surface area contributed by atoms with Crippen LogP contribution in [0.1, 0.15) is 15.9 Å². The molecule has 2 rings (SSSR count). The van der Waals surface area contributed by atoms with E-state index >= 15 is 0 Å². The first-order valence-electron chi connectivity index (χ1n) is 6.80. The van der Waals surface area contributed by atoms with Gasteiger partial charge in [0, 0.05) is 5.56 Å². The second-order valence-electron chi connectivity index (χ2n) is 5.10. The zero-order valence-electron chi connectivity index (χ0n) is 12.5. The normalized spacial score (nSPS) is 12.7. The van der Waals surface area contributed by atoms with E-state index in [4.69, 9.17) is 9.84 Å². The SMILES string of the molecule is O=C(O)c1ccc(Oc2ccc(C(F)(F)C(F)(F)C(F)(F)F)cc2)cc1. The highest BCUT2D eigenvalue weighted by atomic mass is 19.4. The Morgan fingerprint density at radius 1 is 0.769 bits per heavy atom. The average Bonchev–Trinajstić information content (AvgIpc) is 2.54. The van der Waals surface area contributed by atoms with E-state index in [2.05, 4.69) is 0 Å². The van der Waals surface area contributed by atoms with Gasteiger partial charge in [-0.2, -0.15) is 30.7 Å². The van der Waals surface area contributed by atoms with E-state index in [1.54, 1.807) is 0 Å². The molecule has 0 aliphatic carbocycles. The fraction of sp³-hybridized carbons (Fsp3) is 0.188. The maximum absolute atomic E-state index is 13.5. The van der Waals surface area contributed by atoms with E-state index in [1.165, 1.54) is 24.3 Å². The summed E-state index contributed by atoms with van der Waals surface area (Å²) in [4.78, 5) is 10.7. The quantitative estimate of drug-likeness (QED) is 0.698. The van der Waals surface area contributed by atoms with Crippen LogP contribution in [0, 0.1) is 0 Å². The lowest BCUT2D eigenvalue weighted by atomic mass is 10.0. The van der Waals surface area contributed by atoms with E-state index in [9.17, 15) is 35.5 Å². The Labute approximate surface area is 141 Å². The molecule has 0 spiro atoms. The number of carbonyl (C=O) groups is 1. The highest BCUT2D eigenvalue weighted by Gasteiger charge is 2.73. The van der Waals surface area contributed by atoms with Crippen molar-refractivity contribution in [1.29, 1.82) is 0 Å². The summed E-state index contributed by atoms with van der Waals surface area (Å²) in [6.07, 6.45) is -6.42. The molecule has 2 aromatic carbocycles. The Hall–Kier alpha value is -2.78. The number of hydrogen-bond acceptors (Lipinski definition) is 2. The van der Waals surface area contributed by atoms with E-state index in [-0.39, 0.29) is 17.1 Å². The highest BCUT2D eigenvalue weighted by molar-refractivity contribution is 5.87. The molecule has 140 valence electrons. The smallest absolute Gasteiger partial charge is 0.460 e. The zero-order valence-corrected chi connectivity index (χ0v) is 12.5. The van der Waals surface area contributed by atoms with Gasteiger partial charge in [0.2, 0.25) is 0 Å². The van der Waals surface area contributed by atoms with Crippen LogP contribution >= 0.6 is 0 Å². The van der Waals surface area contributed by atoms with Crippen LogP contribution in [-0.2, 0) is 5.92 Å². The van der Waals surface area contributed by atoms with Crippen LogP contribution in [0.3, 0.4) is 0 Å². The summed E-state index contributed by atoms with van der Waals surface area (Å²) < 4.78 is 94.8. The van der Waals surface area contributed by atoms with Gasteiger partial charge in [-0.1, -0.05) is 0 Å². The standard InChI is InChI=1S/C16H9F7O3/c17-14(18,15(19,20)16(21,22)23)10-3-7-12(8-4-10)26-11-5-1-9(2-6-11)13(24)25/h1-8H,(H,24,25). The predicted octanol–water partition coefficient (Wildman–Crippen LogP) is 5.47. The first-order valence-corrected chi connectivity index (χ1v) is 6.80. The number of ether oxygens (including phenoxy) is 1. The summed E-state index contributed by atoms with van der Waals surface area (Å²) in [6.45, 7) is 0. The van der Waals surface area contributed by atoms with Crippen LogP contribution in [0.5, 0.6) is 11.5 Å². The molecule has 0 fully saturated rings. The first-order chi connectivity index (χ1) is 11.9. The van der Waals surface area contributed by atoms with Gasteiger partial charge >= 0.3 is 24.0 Å². The third-order valence-electron chi connectivity index (χ3n) is 3.30. The van der Waals surface area contributed by atoms with Gasteiger partial charge in [-0.15, -0.1) is 0 Å². The second-order valence-corrected chi connectivity index (χ2v) is 5.10. The lowest BCUT2D eigenvalue weighted by Gasteiger charge is -2.28. The molecule has 0 unspecified atom stereocenters. The van der Waals surface area contributed by atoms with Gasteiger partial charge in [0.05, 0.1) is 5.56 Å². The van der Waals surface area contributed by atoms with Gasteiger partial charge in [-0.05, 0) is 48.5 Å². The minimum atomic E-state index is -6.42. The van der Waals surface area contributed by atoms with Crippen LogP contribution in [0.2, 0.25) is 0 Å². The maximum Gasteiger partial charge on any atom is 0.460 e. The third kappa shape index (κ3) is 3.58. The lowest BCUT2D eigenvalue weighted by molar-refractivity contribution is -0.359. The Balaban J connectivity index is 2.21. The Morgan fingerprint density at radius 2 is 1.19 bits per heavy atom. The van der Waals surface area contributed by atoms with E-state index < -0.39 is 29.6 Å². The van der Waals surface area contributed by atoms with Crippen molar-refractivity contribution in [2.45, 2.75) is 18.0 Å². The van der Waals surface area contributed by atoms with Crippen LogP contribution in [-0.4, -0.2) is 23.2 Å². The molecule has 0 atom stereocenters. The van der Waals surface area contributed by atoms with Gasteiger partial charge in [-0.3, -0.25) is 0 Å². The van der Waals surface area contributed by atoms with E-state index in [1.807, 2.05) is 0 Å². The molecule has 0 aromatic heterocycles. The summed E-state index contributed by atoms with van der Waals surface area (Å²) in [5.41, 5.74) is -1.57. The van der Waals surface area contributed by atoms with Gasteiger partial charge < -0.3 is 9.84 Å². The van der Waals surface area contributed by atoms with Crippen molar-refractivity contribution in [3.8, 4) is 11.5 Å². The minimum absolute atomic E-state index is 0.0401. The molecule has 0 radical (unpaired) electrons. The topological polar surface area (TPSA) is 46.5 Å². The largest absolute Gasteiger partial charge is 0.478 e. The Kier molecular flexibility index (Phi) is 4.89. The number of carboxylic acid groups (broad SMARTS) is 1. The van der Waals surface area contributed by atoms with E-state index in [0.29, 0.717) is 12.1 Å². The summed E-state index contributed by atoms with van der Waals surface area (Å²) in [6, 6.07) is 7.27. The molecule has 0 amide bonds. The number of hydrogen-bond donors (Lipinski definition) is 1. The van der Waals surface area contributed by atoms with Gasteiger partial charge in [0.1, 0.15) is 11.5 Å². The molecule has 0 heterocycles. The fourth-order valence-electron chi connectivity index (χ4n) is 1.89. The Morgan fingerprint density at radius 3 is 1.58 bits per heavy atom. The number of benzene rings is 2. The number of carboxylic acids is 1. The molecule has 0 aliphatic rings. The van der Waals surface area contributed by atoms with Crippen LogP contribution in [0.4, 0.5) is 30.7 Å². The molecule has 3 nitrogen and oxygen atoms in total. The van der Waals surface area contributed by atoms with Crippen LogP contribution in [0.25, 0.3) is 0 Å². The molecular weight excluding hydrogens is 373 g/mol. The average molecular weight is 382 g/mol. The van der Waals surface area contributed by atoms with Crippen molar-refractivity contribution in [3.63, 3.8) is 0 Å². The molecular formula is C16H9F7O3. The van der Waals surface area contributed by atoms with Crippen molar-refractivity contribution in [1.82, 2.24) is 0 Å². The van der Waals surface area contributed by atoms with Crippen LogP contribution in [0.15, 0.2) is 48.5 Å². The number of alkyl halides is 7. The fourth-order valence-corrected chi connectivity index (χ4v) is 1.89. The summed E-state index contributed by atoms with van der Waals surface area (Å²) >= 11 is 0. The van der Waals surface area contributed by atoms with Crippen molar-refractivity contribution < 1.29 is 45.4 Å². The van der Waals surface area contributed by atoms with Crippen molar-refractivity contribution in [2.75, 3.05) is 0 Å². The molecule has 10 heteroatoms. The van der Waals surface area contributed by atoms with Crippen LogP contribution < -0.4 is 4.74 Å². The van der Waals surface area contributed by atoms with Gasteiger partial charge in [0.25, 0.3) is 0 Å². The van der Waals surface area contributed by atoms with E-state index in [0.717, 1.165) is 12.1 Å². The maximum atomic E-state index is 13.5. The van der Waals surface area contributed by atoms with Gasteiger partial charge in [-0.25, -0.2) is 4.79 Å². The minimum Gasteiger partial charge on any atom is -0.478 e. The van der Waals surface area contributed by atoms with Gasteiger partial charge in [0.15, 0.2) is 0 Å². The van der Waals surface area contributed by atoms with Crippen molar-refractivity contribution in [2.24, 2.45) is 0 Å². The molecule has 0 saturated carbocycles. The zero-order chi connectivity index (χ0) is 19.8. The highest BCUT2D eigenvalue weighted by Crippen LogP contribution is 2.51. The number of aromatic carboxylic acids is 1. The molecule has 0 saturated heterocycles. The lowest BCUT2D eigenvalue weighted by Crippen LogP contribution is -2.49. The summed E-state index contributed by atoms with van der Waals surface area (Å²) in [5.74, 6) is -12.9. The van der Waals surface area contributed by atoms with Crippen molar-refractivity contribution in [3.05, 3.63) is 59.7 Å². The first kappa shape index (κ1) is 19.5. The summed E-state index contributed by atoms with van der Waals surface area (Å²) in [7, 11) is 0. The third-order valence-corrected chi connectivity index (χ3v) is 3.30. The summed E-state index contributed by atoms with van der Waals surface area (Å²) in [5, 5.41) is 8.74. The molecule has 0 bridgehead atoms. The molecule has 0 aliphatic heterocycles.